The molecule has 0 radical (unpaired) electrons. The van der Waals surface area contributed by atoms with Gasteiger partial charge in [0.05, 0.1) is 0 Å². The highest BCUT2D eigenvalue weighted by Crippen LogP contribution is 2.18. The molecule has 0 heterocycles. The molecule has 0 aromatic rings. The van der Waals surface area contributed by atoms with E-state index >= 15 is 0 Å². The van der Waals surface area contributed by atoms with Crippen molar-refractivity contribution in [2.75, 3.05) is 13.2 Å². The second kappa shape index (κ2) is 65.9. The second-order valence-corrected chi connectivity index (χ2v) is 23.1. The molecule has 0 N–H and O–H groups in total. The zero-order chi connectivity index (χ0) is 55.7. The van der Waals surface area contributed by atoms with E-state index in [1.54, 1.807) is 0 Å². The Labute approximate surface area is 479 Å². The van der Waals surface area contributed by atoms with E-state index in [4.69, 9.17) is 14.2 Å². The van der Waals surface area contributed by atoms with Crippen LogP contribution < -0.4 is 0 Å². The summed E-state index contributed by atoms with van der Waals surface area (Å²) in [6.07, 6.45) is 82.7. The molecule has 0 aliphatic carbocycles. The summed E-state index contributed by atoms with van der Waals surface area (Å²) in [5.74, 6) is -0.858. The molecule has 0 saturated carbocycles. The van der Waals surface area contributed by atoms with Crippen LogP contribution in [0.3, 0.4) is 0 Å². The fraction of sp³-hybridized carbons (Fsp3) is 0.845. The molecule has 0 aliphatic heterocycles. The highest BCUT2D eigenvalue weighted by molar-refractivity contribution is 5.71. The van der Waals surface area contributed by atoms with Gasteiger partial charge in [0.25, 0.3) is 0 Å². The lowest BCUT2D eigenvalue weighted by atomic mass is 10.0. The normalized spacial score (nSPS) is 12.3. The van der Waals surface area contributed by atoms with Gasteiger partial charge < -0.3 is 14.2 Å². The summed E-state index contributed by atoms with van der Waals surface area (Å²) in [5.41, 5.74) is 0. The maximum Gasteiger partial charge on any atom is 0.306 e. The third kappa shape index (κ3) is 64.1. The van der Waals surface area contributed by atoms with Crippen LogP contribution in [0.4, 0.5) is 0 Å². The van der Waals surface area contributed by atoms with Gasteiger partial charge in [-0.2, -0.15) is 0 Å². The minimum atomic E-state index is -0.775. The van der Waals surface area contributed by atoms with Crippen molar-refractivity contribution in [1.29, 1.82) is 0 Å². The molecule has 77 heavy (non-hydrogen) atoms. The van der Waals surface area contributed by atoms with E-state index in [1.807, 2.05) is 0 Å². The van der Waals surface area contributed by atoms with Crippen molar-refractivity contribution < 1.29 is 28.6 Å². The Morgan fingerprint density at radius 1 is 0.260 bits per heavy atom. The average molecular weight is 1080 g/mol. The number of allylic oxidation sites excluding steroid dienone is 8. The third-order valence-corrected chi connectivity index (χ3v) is 15.3. The van der Waals surface area contributed by atoms with E-state index in [0.717, 1.165) is 77.0 Å². The number of unbranched alkanes of at least 4 members (excludes halogenated alkanes) is 44. The molecule has 0 amide bonds. The third-order valence-electron chi connectivity index (χ3n) is 15.3. The second-order valence-electron chi connectivity index (χ2n) is 23.1. The summed E-state index contributed by atoms with van der Waals surface area (Å²) in [4.78, 5) is 38.4. The van der Waals surface area contributed by atoms with Crippen LogP contribution in [0, 0.1) is 0 Å². The Morgan fingerprint density at radius 3 is 0.740 bits per heavy atom. The van der Waals surface area contributed by atoms with E-state index in [1.165, 1.54) is 250 Å². The van der Waals surface area contributed by atoms with Gasteiger partial charge >= 0.3 is 17.9 Å². The van der Waals surface area contributed by atoms with Crippen molar-refractivity contribution in [3.63, 3.8) is 0 Å². The van der Waals surface area contributed by atoms with Gasteiger partial charge in [0.1, 0.15) is 13.2 Å². The minimum absolute atomic E-state index is 0.0724. The van der Waals surface area contributed by atoms with Gasteiger partial charge in [-0.05, 0) is 83.5 Å². The topological polar surface area (TPSA) is 78.9 Å². The summed E-state index contributed by atoms with van der Waals surface area (Å²) < 4.78 is 17.0. The molecule has 0 aliphatic rings. The van der Waals surface area contributed by atoms with Gasteiger partial charge in [-0.1, -0.05) is 313 Å². The van der Waals surface area contributed by atoms with Crippen LogP contribution in [-0.4, -0.2) is 37.2 Å². The maximum absolute atomic E-state index is 12.9. The van der Waals surface area contributed by atoms with E-state index in [0.29, 0.717) is 19.3 Å². The van der Waals surface area contributed by atoms with E-state index in [-0.39, 0.29) is 31.1 Å². The lowest BCUT2D eigenvalue weighted by Gasteiger charge is -2.18. The fourth-order valence-corrected chi connectivity index (χ4v) is 10.2. The molecule has 0 fully saturated rings. The Bertz CT molecular complexity index is 1330. The molecule has 0 aromatic carbocycles. The van der Waals surface area contributed by atoms with Crippen LogP contribution in [0.15, 0.2) is 48.6 Å². The molecule has 6 nitrogen and oxygen atoms in total. The van der Waals surface area contributed by atoms with Gasteiger partial charge in [-0.15, -0.1) is 0 Å². The molecular formula is C71H130O6. The van der Waals surface area contributed by atoms with Crippen molar-refractivity contribution in [3.8, 4) is 0 Å². The van der Waals surface area contributed by atoms with Crippen molar-refractivity contribution in [2.45, 2.75) is 374 Å². The quantitative estimate of drug-likeness (QED) is 0.0261. The Kier molecular flexibility index (Phi) is 63.6. The summed E-state index contributed by atoms with van der Waals surface area (Å²) in [7, 11) is 0. The summed E-state index contributed by atoms with van der Waals surface area (Å²) in [6, 6.07) is 0. The van der Waals surface area contributed by atoms with Crippen molar-refractivity contribution in [1.82, 2.24) is 0 Å². The highest BCUT2D eigenvalue weighted by atomic mass is 16.6. The molecule has 0 bridgehead atoms. The van der Waals surface area contributed by atoms with Gasteiger partial charge in [0.2, 0.25) is 0 Å². The Hall–Kier alpha value is -2.63. The largest absolute Gasteiger partial charge is 0.462 e. The first-order valence-corrected chi connectivity index (χ1v) is 34.1. The number of carbonyl (C=O) groups excluding carboxylic acids is 3. The molecule has 0 saturated heterocycles. The zero-order valence-corrected chi connectivity index (χ0v) is 51.7. The van der Waals surface area contributed by atoms with Crippen molar-refractivity contribution >= 4 is 17.9 Å². The number of hydrogen-bond donors (Lipinski definition) is 0. The molecular weight excluding hydrogens is 949 g/mol. The van der Waals surface area contributed by atoms with Gasteiger partial charge in [0.15, 0.2) is 6.10 Å². The summed E-state index contributed by atoms with van der Waals surface area (Å²) in [6.45, 7) is 6.67. The minimum Gasteiger partial charge on any atom is -0.462 e. The first kappa shape index (κ1) is 74.4. The molecule has 450 valence electrons. The number of esters is 3. The van der Waals surface area contributed by atoms with Gasteiger partial charge in [-0.3, -0.25) is 14.4 Å². The van der Waals surface area contributed by atoms with Crippen LogP contribution in [0.25, 0.3) is 0 Å². The van der Waals surface area contributed by atoms with Crippen LogP contribution in [0.1, 0.15) is 367 Å². The lowest BCUT2D eigenvalue weighted by molar-refractivity contribution is -0.167. The smallest absolute Gasteiger partial charge is 0.306 e. The fourth-order valence-electron chi connectivity index (χ4n) is 10.2. The Balaban J connectivity index is 4.26. The average Bonchev–Trinajstić information content (AvgIpc) is 3.43. The van der Waals surface area contributed by atoms with Crippen molar-refractivity contribution in [2.24, 2.45) is 0 Å². The Morgan fingerprint density at radius 2 is 0.468 bits per heavy atom. The highest BCUT2D eigenvalue weighted by Gasteiger charge is 2.19. The monoisotopic (exact) mass is 1080 g/mol. The SMILES string of the molecule is CCCCCCC/C=C\C/C=C\C/C=C\CCCCCCCCCCCCCCC(=O)OCC(COC(=O)CCCCCCC/C=C\CCCCCCC)OC(=O)CCCCCCCCCCCCCCCCCCCC. The van der Waals surface area contributed by atoms with Crippen LogP contribution >= 0.6 is 0 Å². The summed E-state index contributed by atoms with van der Waals surface area (Å²) in [5, 5.41) is 0. The standard InChI is InChI=1S/C71H130O6/c1-4-7-10-13-16-19-22-25-28-30-32-33-34-35-36-37-38-39-40-42-43-46-49-52-55-58-61-64-70(73)76-67-68(66-75-69(72)63-60-57-54-51-48-45-27-24-21-18-15-12-9-6-3)77-71(74)65-62-59-56-53-50-47-44-41-31-29-26-23-20-17-14-11-8-5-2/h22,24-25,27,30,32,34-35,68H,4-21,23,26,28-29,31,33,36-67H2,1-3H3/b25-22-,27-24-,32-30-,35-34-. The molecule has 6 heteroatoms. The zero-order valence-electron chi connectivity index (χ0n) is 51.7. The molecule has 0 rings (SSSR count). The molecule has 1 unspecified atom stereocenters. The van der Waals surface area contributed by atoms with E-state index in [9.17, 15) is 14.4 Å². The van der Waals surface area contributed by atoms with Gasteiger partial charge in [-0.25, -0.2) is 0 Å². The molecule has 0 aromatic heterocycles. The lowest BCUT2D eigenvalue weighted by Crippen LogP contribution is -2.30. The number of hydrogen-bond acceptors (Lipinski definition) is 6. The maximum atomic E-state index is 12.9. The number of rotatable bonds is 63. The van der Waals surface area contributed by atoms with Crippen LogP contribution in [-0.2, 0) is 28.6 Å². The molecule has 0 spiro atoms. The predicted molar refractivity (Wildman–Crippen MR) is 335 cm³/mol. The number of carbonyl (C=O) groups is 3. The predicted octanol–water partition coefficient (Wildman–Crippen LogP) is 23.3. The van der Waals surface area contributed by atoms with Gasteiger partial charge in [0, 0.05) is 19.3 Å². The first-order valence-electron chi connectivity index (χ1n) is 34.1. The molecule has 1 atom stereocenters. The first-order chi connectivity index (χ1) is 38.0. The van der Waals surface area contributed by atoms with E-state index < -0.39 is 6.10 Å². The number of ether oxygens (including phenoxy) is 3. The van der Waals surface area contributed by atoms with Crippen molar-refractivity contribution in [3.05, 3.63) is 48.6 Å². The summed E-state index contributed by atoms with van der Waals surface area (Å²) >= 11 is 0. The van der Waals surface area contributed by atoms with E-state index in [2.05, 4.69) is 69.4 Å². The van der Waals surface area contributed by atoms with Crippen LogP contribution in [0.5, 0.6) is 0 Å². The van der Waals surface area contributed by atoms with Crippen LogP contribution in [0.2, 0.25) is 0 Å².